The monoisotopic (exact) mass is 178 g/mol. The van der Waals surface area contributed by atoms with Gasteiger partial charge in [0.2, 0.25) is 0 Å². The molecule has 0 amide bonds. The van der Waals surface area contributed by atoms with Crippen molar-refractivity contribution in [3.8, 4) is 0 Å². The van der Waals surface area contributed by atoms with E-state index in [0.29, 0.717) is 11.7 Å². The third kappa shape index (κ3) is 1.39. The van der Waals surface area contributed by atoms with Crippen LogP contribution in [-0.2, 0) is 0 Å². The van der Waals surface area contributed by atoms with Crippen LogP contribution < -0.4 is 0 Å². The van der Waals surface area contributed by atoms with Crippen molar-refractivity contribution in [1.82, 2.24) is 9.55 Å². The first-order valence-corrected chi connectivity index (χ1v) is 4.80. The van der Waals surface area contributed by atoms with E-state index in [0.717, 1.165) is 12.2 Å². The third-order valence-corrected chi connectivity index (χ3v) is 3.09. The van der Waals surface area contributed by atoms with Gasteiger partial charge < -0.3 is 4.57 Å². The van der Waals surface area contributed by atoms with Crippen LogP contribution >= 0.6 is 0 Å². The third-order valence-electron chi connectivity index (χ3n) is 3.09. The zero-order chi connectivity index (χ0) is 9.26. The highest BCUT2D eigenvalue weighted by molar-refractivity contribution is 5.71. The zero-order valence-corrected chi connectivity index (χ0v) is 7.81. The van der Waals surface area contributed by atoms with Gasteiger partial charge in [-0.25, -0.2) is 4.98 Å². The van der Waals surface area contributed by atoms with Crippen LogP contribution in [0.15, 0.2) is 12.5 Å². The van der Waals surface area contributed by atoms with Crippen molar-refractivity contribution in [3.05, 3.63) is 18.2 Å². The van der Waals surface area contributed by atoms with Gasteiger partial charge in [0, 0.05) is 6.04 Å². The molecule has 0 radical (unpaired) electrons. The van der Waals surface area contributed by atoms with Crippen LogP contribution in [0.1, 0.15) is 42.7 Å². The summed E-state index contributed by atoms with van der Waals surface area (Å²) in [5.41, 5.74) is 0.694. The fourth-order valence-corrected chi connectivity index (χ4v) is 1.90. The van der Waals surface area contributed by atoms with E-state index < -0.39 is 0 Å². The Kier molecular flexibility index (Phi) is 2.17. The number of imidazole rings is 1. The molecular formula is C10H14N2O. The van der Waals surface area contributed by atoms with Crippen molar-refractivity contribution in [2.45, 2.75) is 32.2 Å². The van der Waals surface area contributed by atoms with E-state index in [-0.39, 0.29) is 0 Å². The minimum atomic E-state index is 0.427. The first kappa shape index (κ1) is 8.48. The van der Waals surface area contributed by atoms with E-state index in [1.807, 2.05) is 4.57 Å². The summed E-state index contributed by atoms with van der Waals surface area (Å²) in [4.78, 5) is 14.6. The summed E-state index contributed by atoms with van der Waals surface area (Å²) in [6.45, 7) is 2.17. The molecule has 0 N–H and O–H groups in total. The van der Waals surface area contributed by atoms with Gasteiger partial charge in [0.25, 0.3) is 0 Å². The quantitative estimate of drug-likeness (QED) is 0.664. The molecule has 0 bridgehead atoms. The molecule has 70 valence electrons. The molecule has 1 fully saturated rings. The van der Waals surface area contributed by atoms with Crippen molar-refractivity contribution in [2.24, 2.45) is 5.92 Å². The highest BCUT2D eigenvalue weighted by Gasteiger charge is 2.25. The Morgan fingerprint density at radius 2 is 2.46 bits per heavy atom. The molecule has 1 saturated carbocycles. The molecule has 0 aliphatic heterocycles. The first-order valence-electron chi connectivity index (χ1n) is 4.80. The second-order valence-electron chi connectivity index (χ2n) is 3.78. The second-order valence-corrected chi connectivity index (χ2v) is 3.78. The van der Waals surface area contributed by atoms with Crippen molar-refractivity contribution < 1.29 is 4.79 Å². The summed E-state index contributed by atoms with van der Waals surface area (Å²) in [7, 11) is 0. The number of aldehydes is 1. The SMILES string of the molecule is CC(C1CCC1)n1cncc1C=O. The molecule has 1 aromatic heterocycles. The zero-order valence-electron chi connectivity index (χ0n) is 7.81. The van der Waals surface area contributed by atoms with Crippen LogP contribution in [-0.4, -0.2) is 15.8 Å². The second kappa shape index (κ2) is 3.32. The van der Waals surface area contributed by atoms with Crippen LogP contribution in [0.4, 0.5) is 0 Å². The molecule has 0 saturated heterocycles. The number of carbonyl (C=O) groups is 1. The van der Waals surface area contributed by atoms with E-state index in [1.165, 1.54) is 19.3 Å². The molecule has 0 spiro atoms. The summed E-state index contributed by atoms with van der Waals surface area (Å²) in [5.74, 6) is 0.743. The molecule has 1 unspecified atom stereocenters. The molecule has 1 heterocycles. The van der Waals surface area contributed by atoms with Crippen molar-refractivity contribution in [1.29, 1.82) is 0 Å². The highest BCUT2D eigenvalue weighted by atomic mass is 16.1. The van der Waals surface area contributed by atoms with Crippen LogP contribution in [0, 0.1) is 5.92 Å². The predicted molar refractivity (Wildman–Crippen MR) is 49.7 cm³/mol. The van der Waals surface area contributed by atoms with Crippen LogP contribution in [0.5, 0.6) is 0 Å². The summed E-state index contributed by atoms with van der Waals surface area (Å²) in [6.07, 6.45) is 8.17. The summed E-state index contributed by atoms with van der Waals surface area (Å²) >= 11 is 0. The lowest BCUT2D eigenvalue weighted by molar-refractivity contribution is 0.110. The number of hydrogen-bond donors (Lipinski definition) is 0. The first-order chi connectivity index (χ1) is 6.33. The van der Waals surface area contributed by atoms with Gasteiger partial charge in [0.05, 0.1) is 12.5 Å². The Balaban J connectivity index is 2.17. The van der Waals surface area contributed by atoms with Crippen LogP contribution in [0.2, 0.25) is 0 Å². The Morgan fingerprint density at radius 1 is 1.69 bits per heavy atom. The molecule has 2 rings (SSSR count). The van der Waals surface area contributed by atoms with Crippen molar-refractivity contribution >= 4 is 6.29 Å². The Labute approximate surface area is 77.8 Å². The Bertz CT molecular complexity index is 302. The predicted octanol–water partition coefficient (Wildman–Crippen LogP) is 2.06. The molecule has 3 heteroatoms. The Hall–Kier alpha value is -1.12. The lowest BCUT2D eigenvalue weighted by Gasteiger charge is -2.32. The molecule has 1 aliphatic rings. The van der Waals surface area contributed by atoms with Gasteiger partial charge in [-0.2, -0.15) is 0 Å². The largest absolute Gasteiger partial charge is 0.325 e. The smallest absolute Gasteiger partial charge is 0.168 e. The van der Waals surface area contributed by atoms with Gasteiger partial charge in [0.15, 0.2) is 6.29 Å². The lowest BCUT2D eigenvalue weighted by Crippen LogP contribution is -2.23. The van der Waals surface area contributed by atoms with E-state index in [9.17, 15) is 4.79 Å². The number of aromatic nitrogens is 2. The van der Waals surface area contributed by atoms with E-state index in [4.69, 9.17) is 0 Å². The number of carbonyl (C=O) groups excluding carboxylic acids is 1. The summed E-state index contributed by atoms with van der Waals surface area (Å²) in [5, 5.41) is 0. The molecule has 13 heavy (non-hydrogen) atoms. The number of rotatable bonds is 3. The van der Waals surface area contributed by atoms with E-state index in [1.54, 1.807) is 12.5 Å². The van der Waals surface area contributed by atoms with Gasteiger partial charge in [-0.1, -0.05) is 6.42 Å². The minimum absolute atomic E-state index is 0.427. The Morgan fingerprint density at radius 3 is 3.00 bits per heavy atom. The molecule has 3 nitrogen and oxygen atoms in total. The molecule has 1 aromatic rings. The van der Waals surface area contributed by atoms with E-state index in [2.05, 4.69) is 11.9 Å². The summed E-state index contributed by atoms with van der Waals surface area (Å²) < 4.78 is 1.98. The van der Waals surface area contributed by atoms with Crippen molar-refractivity contribution in [2.75, 3.05) is 0 Å². The fourth-order valence-electron chi connectivity index (χ4n) is 1.90. The molecule has 1 aliphatic carbocycles. The van der Waals surface area contributed by atoms with Crippen molar-refractivity contribution in [3.63, 3.8) is 0 Å². The molecular weight excluding hydrogens is 164 g/mol. The molecule has 0 aromatic carbocycles. The average molecular weight is 178 g/mol. The average Bonchev–Trinajstić information content (AvgIpc) is 2.47. The summed E-state index contributed by atoms with van der Waals surface area (Å²) in [6, 6.07) is 0.427. The normalized spacial score (nSPS) is 19.5. The highest BCUT2D eigenvalue weighted by Crippen LogP contribution is 2.36. The van der Waals surface area contributed by atoms with Gasteiger partial charge in [-0.15, -0.1) is 0 Å². The van der Waals surface area contributed by atoms with Crippen LogP contribution in [0.25, 0.3) is 0 Å². The lowest BCUT2D eigenvalue weighted by atomic mass is 9.80. The number of nitrogens with zero attached hydrogens (tertiary/aromatic N) is 2. The minimum Gasteiger partial charge on any atom is -0.325 e. The maximum absolute atomic E-state index is 10.7. The van der Waals surface area contributed by atoms with E-state index >= 15 is 0 Å². The molecule has 1 atom stereocenters. The van der Waals surface area contributed by atoms with Gasteiger partial charge in [-0.05, 0) is 25.7 Å². The topological polar surface area (TPSA) is 34.9 Å². The standard InChI is InChI=1S/C10H14N2O/c1-8(9-3-2-4-9)12-7-11-5-10(12)6-13/h5-9H,2-4H2,1H3. The van der Waals surface area contributed by atoms with Crippen LogP contribution in [0.3, 0.4) is 0 Å². The maximum atomic E-state index is 10.7. The maximum Gasteiger partial charge on any atom is 0.168 e. The van der Waals surface area contributed by atoms with Gasteiger partial charge in [0.1, 0.15) is 5.69 Å². The fraction of sp³-hybridized carbons (Fsp3) is 0.600. The van der Waals surface area contributed by atoms with Gasteiger partial charge >= 0.3 is 0 Å². The van der Waals surface area contributed by atoms with Gasteiger partial charge in [-0.3, -0.25) is 4.79 Å². The number of hydrogen-bond acceptors (Lipinski definition) is 2.